The molecule has 2 nitrogen and oxygen atoms in total. The second kappa shape index (κ2) is 6.33. The van der Waals surface area contributed by atoms with Gasteiger partial charge in [-0.25, -0.2) is 0 Å². The lowest BCUT2D eigenvalue weighted by Gasteiger charge is -2.07. The van der Waals surface area contributed by atoms with Gasteiger partial charge in [0.1, 0.15) is 17.4 Å². The number of aryl methyl sites for hydroxylation is 1. The van der Waals surface area contributed by atoms with Crippen LogP contribution in [-0.2, 0) is 6.42 Å². The van der Waals surface area contributed by atoms with Crippen molar-refractivity contribution in [2.75, 3.05) is 0 Å². The van der Waals surface area contributed by atoms with E-state index in [4.69, 9.17) is 16.0 Å². The van der Waals surface area contributed by atoms with Gasteiger partial charge in [0.2, 0.25) is 0 Å². The Balaban J connectivity index is 1.62. The molecule has 0 fully saturated rings. The summed E-state index contributed by atoms with van der Waals surface area (Å²) < 4.78 is 5.68. The van der Waals surface area contributed by atoms with E-state index in [9.17, 15) is 5.11 Å². The summed E-state index contributed by atoms with van der Waals surface area (Å²) in [6.07, 6.45) is 2.00. The lowest BCUT2D eigenvalue weighted by molar-refractivity contribution is 0.140. The van der Waals surface area contributed by atoms with Crippen molar-refractivity contribution in [3.05, 3.63) is 70.9 Å². The third kappa shape index (κ3) is 3.46. The molecule has 1 heterocycles. The van der Waals surface area contributed by atoms with E-state index in [1.54, 1.807) is 6.07 Å². The molecule has 3 aromatic rings. The van der Waals surface area contributed by atoms with E-state index in [-0.39, 0.29) is 0 Å². The maximum Gasteiger partial charge on any atom is 0.134 e. The molecule has 1 atom stereocenters. The highest BCUT2D eigenvalue weighted by atomic mass is 35.5. The molecule has 0 saturated heterocycles. The molecule has 0 spiro atoms. The van der Waals surface area contributed by atoms with Gasteiger partial charge in [-0.05, 0) is 49.1 Å². The molecule has 108 valence electrons. The van der Waals surface area contributed by atoms with Crippen LogP contribution in [0.3, 0.4) is 0 Å². The summed E-state index contributed by atoms with van der Waals surface area (Å²) in [5, 5.41) is 11.8. The number of fused-ring (bicyclic) bond motifs is 1. The SMILES string of the molecule is OC(CCCc1ccccc1)c1cc2cc(Cl)ccc2o1. The van der Waals surface area contributed by atoms with Crippen LogP contribution in [0, 0.1) is 0 Å². The van der Waals surface area contributed by atoms with E-state index in [1.807, 2.05) is 36.4 Å². The molecule has 1 aromatic heterocycles. The Morgan fingerprint density at radius 1 is 1.05 bits per heavy atom. The first kappa shape index (κ1) is 14.2. The molecule has 0 aliphatic rings. The predicted octanol–water partition coefficient (Wildman–Crippen LogP) is 5.14. The van der Waals surface area contributed by atoms with Gasteiger partial charge in [0.15, 0.2) is 0 Å². The number of hydrogen-bond acceptors (Lipinski definition) is 2. The Kier molecular flexibility index (Phi) is 4.28. The van der Waals surface area contributed by atoms with Gasteiger partial charge in [0.05, 0.1) is 0 Å². The van der Waals surface area contributed by atoms with Crippen molar-refractivity contribution in [1.82, 2.24) is 0 Å². The molecule has 21 heavy (non-hydrogen) atoms. The smallest absolute Gasteiger partial charge is 0.134 e. The van der Waals surface area contributed by atoms with Crippen molar-refractivity contribution >= 4 is 22.6 Å². The van der Waals surface area contributed by atoms with Gasteiger partial charge in [-0.3, -0.25) is 0 Å². The summed E-state index contributed by atoms with van der Waals surface area (Å²) in [7, 11) is 0. The van der Waals surface area contributed by atoms with E-state index < -0.39 is 6.10 Å². The molecule has 3 heteroatoms. The zero-order valence-electron chi connectivity index (χ0n) is 11.6. The predicted molar refractivity (Wildman–Crippen MR) is 85.6 cm³/mol. The fourth-order valence-electron chi connectivity index (χ4n) is 2.49. The number of aliphatic hydroxyl groups excluding tert-OH is 1. The number of benzene rings is 2. The standard InChI is InChI=1S/C18H17ClO2/c19-15-9-10-17-14(11-15)12-18(21-17)16(20)8-4-7-13-5-2-1-3-6-13/h1-3,5-6,9-12,16,20H,4,7-8H2. The Bertz CT molecular complexity index is 718. The number of furan rings is 1. The number of halogens is 1. The molecular formula is C18H17ClO2. The van der Waals surface area contributed by atoms with Gasteiger partial charge < -0.3 is 9.52 Å². The van der Waals surface area contributed by atoms with Gasteiger partial charge >= 0.3 is 0 Å². The van der Waals surface area contributed by atoms with E-state index in [0.717, 1.165) is 23.8 Å². The van der Waals surface area contributed by atoms with Crippen molar-refractivity contribution in [2.45, 2.75) is 25.4 Å². The number of aliphatic hydroxyl groups is 1. The highest BCUT2D eigenvalue weighted by molar-refractivity contribution is 6.31. The minimum Gasteiger partial charge on any atom is -0.458 e. The quantitative estimate of drug-likeness (QED) is 0.707. The summed E-state index contributed by atoms with van der Waals surface area (Å²) in [6.45, 7) is 0. The summed E-state index contributed by atoms with van der Waals surface area (Å²) in [5.41, 5.74) is 2.05. The molecule has 2 aromatic carbocycles. The first-order chi connectivity index (χ1) is 10.2. The van der Waals surface area contributed by atoms with Crippen LogP contribution in [0.25, 0.3) is 11.0 Å². The molecule has 0 bridgehead atoms. The minimum atomic E-state index is -0.570. The second-order valence-electron chi connectivity index (χ2n) is 5.22. The fraction of sp³-hybridized carbons (Fsp3) is 0.222. The Hall–Kier alpha value is -1.77. The van der Waals surface area contributed by atoms with Crippen molar-refractivity contribution < 1.29 is 9.52 Å². The van der Waals surface area contributed by atoms with Crippen molar-refractivity contribution in [3.63, 3.8) is 0 Å². The van der Waals surface area contributed by atoms with Gasteiger partial charge in [-0.1, -0.05) is 41.9 Å². The number of rotatable bonds is 5. The fourth-order valence-corrected chi connectivity index (χ4v) is 2.67. The van der Waals surface area contributed by atoms with Gasteiger partial charge in [0, 0.05) is 10.4 Å². The first-order valence-electron chi connectivity index (χ1n) is 7.13. The largest absolute Gasteiger partial charge is 0.458 e. The van der Waals surface area contributed by atoms with Gasteiger partial charge in [-0.15, -0.1) is 0 Å². The normalized spacial score (nSPS) is 12.7. The summed E-state index contributed by atoms with van der Waals surface area (Å²) in [6, 6.07) is 17.6. The lowest BCUT2D eigenvalue weighted by atomic mass is 10.0. The van der Waals surface area contributed by atoms with E-state index in [2.05, 4.69) is 12.1 Å². The maximum absolute atomic E-state index is 10.2. The topological polar surface area (TPSA) is 33.4 Å². The molecule has 0 amide bonds. The molecule has 0 aliphatic heterocycles. The number of hydrogen-bond donors (Lipinski definition) is 1. The van der Waals surface area contributed by atoms with Crippen LogP contribution in [0.2, 0.25) is 5.02 Å². The summed E-state index contributed by atoms with van der Waals surface area (Å²) in [4.78, 5) is 0. The lowest BCUT2D eigenvalue weighted by Crippen LogP contribution is -1.96. The van der Waals surface area contributed by atoms with Crippen LogP contribution in [0.5, 0.6) is 0 Å². The first-order valence-corrected chi connectivity index (χ1v) is 7.51. The highest BCUT2D eigenvalue weighted by Gasteiger charge is 2.13. The third-order valence-electron chi connectivity index (χ3n) is 3.61. The van der Waals surface area contributed by atoms with E-state index >= 15 is 0 Å². The average molecular weight is 301 g/mol. The second-order valence-corrected chi connectivity index (χ2v) is 5.66. The molecule has 0 aliphatic carbocycles. The maximum atomic E-state index is 10.2. The molecule has 3 rings (SSSR count). The monoisotopic (exact) mass is 300 g/mol. The zero-order chi connectivity index (χ0) is 14.7. The minimum absolute atomic E-state index is 0.570. The molecule has 0 saturated carbocycles. The Morgan fingerprint density at radius 3 is 2.67 bits per heavy atom. The molecule has 1 N–H and O–H groups in total. The van der Waals surface area contributed by atoms with Crippen LogP contribution < -0.4 is 0 Å². The molecule has 1 unspecified atom stereocenters. The van der Waals surface area contributed by atoms with Crippen LogP contribution in [0.1, 0.15) is 30.3 Å². The Morgan fingerprint density at radius 2 is 1.86 bits per heavy atom. The van der Waals surface area contributed by atoms with Gasteiger partial charge in [-0.2, -0.15) is 0 Å². The zero-order valence-corrected chi connectivity index (χ0v) is 12.4. The summed E-state index contributed by atoms with van der Waals surface area (Å²) in [5.74, 6) is 0.611. The average Bonchev–Trinajstić information content (AvgIpc) is 2.91. The van der Waals surface area contributed by atoms with Crippen LogP contribution in [0.4, 0.5) is 0 Å². The molecular weight excluding hydrogens is 284 g/mol. The third-order valence-corrected chi connectivity index (χ3v) is 3.85. The van der Waals surface area contributed by atoms with Crippen molar-refractivity contribution in [1.29, 1.82) is 0 Å². The molecule has 0 radical (unpaired) electrons. The highest BCUT2D eigenvalue weighted by Crippen LogP contribution is 2.28. The van der Waals surface area contributed by atoms with Crippen LogP contribution >= 0.6 is 11.6 Å². The van der Waals surface area contributed by atoms with E-state index in [0.29, 0.717) is 17.2 Å². The summed E-state index contributed by atoms with van der Waals surface area (Å²) >= 11 is 5.95. The van der Waals surface area contributed by atoms with Crippen LogP contribution in [0.15, 0.2) is 59.0 Å². The van der Waals surface area contributed by atoms with E-state index in [1.165, 1.54) is 5.56 Å². The Labute approximate surface area is 129 Å². The van der Waals surface area contributed by atoms with Crippen molar-refractivity contribution in [3.8, 4) is 0 Å². The van der Waals surface area contributed by atoms with Gasteiger partial charge in [0.25, 0.3) is 0 Å². The van der Waals surface area contributed by atoms with Crippen molar-refractivity contribution in [2.24, 2.45) is 0 Å². The van der Waals surface area contributed by atoms with Crippen LogP contribution in [-0.4, -0.2) is 5.11 Å².